The normalized spacial score (nSPS) is 10.2. The molecule has 0 aliphatic heterocycles. The lowest BCUT2D eigenvalue weighted by Crippen LogP contribution is -2.28. The summed E-state index contributed by atoms with van der Waals surface area (Å²) in [7, 11) is 3.36. The van der Waals surface area contributed by atoms with Crippen LogP contribution in [0, 0.1) is 0 Å². The molecule has 0 saturated carbocycles. The first-order valence-electron chi connectivity index (χ1n) is 7.85. The van der Waals surface area contributed by atoms with Crippen LogP contribution in [-0.2, 0) is 20.9 Å². The van der Waals surface area contributed by atoms with Gasteiger partial charge in [-0.15, -0.1) is 23.1 Å². The summed E-state index contributed by atoms with van der Waals surface area (Å²) in [5.74, 6) is -0.777. The van der Waals surface area contributed by atoms with E-state index in [9.17, 15) is 14.4 Å². The van der Waals surface area contributed by atoms with Gasteiger partial charge in [0.25, 0.3) is 5.91 Å². The molecule has 0 radical (unpaired) electrons. The lowest BCUT2D eigenvalue weighted by Gasteiger charge is -2.12. The molecule has 0 aliphatic rings. The summed E-state index contributed by atoms with van der Waals surface area (Å²) < 4.78 is 5.10. The summed E-state index contributed by atoms with van der Waals surface area (Å²) in [6.07, 6.45) is 0. The maximum absolute atomic E-state index is 12.3. The molecular weight excluding hydrogens is 372 g/mol. The number of ether oxygens (including phenoxy) is 1. The molecule has 0 unspecified atom stereocenters. The predicted molar refractivity (Wildman–Crippen MR) is 102 cm³/mol. The SMILES string of the molecule is CN(C)C(=O)CSc1ccccc1C(=O)OCC(=O)NCc1cccs1. The van der Waals surface area contributed by atoms with Gasteiger partial charge in [-0.3, -0.25) is 9.59 Å². The third kappa shape index (κ3) is 6.20. The number of carbonyl (C=O) groups is 3. The standard InChI is InChI=1S/C18H20N2O4S2/c1-20(2)17(22)12-26-15-8-4-3-7-14(15)18(23)24-11-16(21)19-10-13-6-5-9-25-13/h3-9H,10-12H2,1-2H3,(H,19,21). The van der Waals surface area contributed by atoms with Crippen molar-refractivity contribution in [3.05, 3.63) is 52.2 Å². The number of nitrogens with one attached hydrogen (secondary N) is 1. The monoisotopic (exact) mass is 392 g/mol. The molecule has 26 heavy (non-hydrogen) atoms. The summed E-state index contributed by atoms with van der Waals surface area (Å²) >= 11 is 2.81. The largest absolute Gasteiger partial charge is 0.452 e. The highest BCUT2D eigenvalue weighted by Crippen LogP contribution is 2.23. The molecule has 2 rings (SSSR count). The smallest absolute Gasteiger partial charge is 0.339 e. The highest BCUT2D eigenvalue weighted by Gasteiger charge is 2.16. The maximum atomic E-state index is 12.3. The lowest BCUT2D eigenvalue weighted by molar-refractivity contribution is -0.126. The summed E-state index contributed by atoms with van der Waals surface area (Å²) in [6.45, 7) is 0.0625. The molecule has 0 atom stereocenters. The number of nitrogens with zero attached hydrogens (tertiary/aromatic N) is 1. The van der Waals surface area contributed by atoms with Crippen LogP contribution < -0.4 is 5.32 Å². The average molecular weight is 393 g/mol. The highest BCUT2D eigenvalue weighted by atomic mass is 32.2. The van der Waals surface area contributed by atoms with Crippen LogP contribution in [0.5, 0.6) is 0 Å². The topological polar surface area (TPSA) is 75.7 Å². The molecule has 0 bridgehead atoms. The van der Waals surface area contributed by atoms with Crippen molar-refractivity contribution in [1.29, 1.82) is 0 Å². The molecule has 0 saturated heterocycles. The van der Waals surface area contributed by atoms with Gasteiger partial charge in [-0.2, -0.15) is 0 Å². The van der Waals surface area contributed by atoms with Crippen molar-refractivity contribution < 1.29 is 19.1 Å². The summed E-state index contributed by atoms with van der Waals surface area (Å²) in [6, 6.07) is 10.7. The van der Waals surface area contributed by atoms with Crippen LogP contribution >= 0.6 is 23.1 Å². The number of rotatable bonds is 8. The van der Waals surface area contributed by atoms with Crippen molar-refractivity contribution in [2.45, 2.75) is 11.4 Å². The predicted octanol–water partition coefficient (Wildman–Crippen LogP) is 2.40. The van der Waals surface area contributed by atoms with Crippen molar-refractivity contribution in [3.63, 3.8) is 0 Å². The molecule has 0 fully saturated rings. The van der Waals surface area contributed by atoms with E-state index >= 15 is 0 Å². The first-order valence-corrected chi connectivity index (χ1v) is 9.72. The second-order valence-corrected chi connectivity index (χ2v) is 7.55. The Labute approximate surface area is 160 Å². The Morgan fingerprint density at radius 3 is 2.62 bits per heavy atom. The Hall–Kier alpha value is -2.32. The molecule has 1 aromatic carbocycles. The van der Waals surface area contributed by atoms with Gasteiger partial charge in [0.2, 0.25) is 5.91 Å². The van der Waals surface area contributed by atoms with Crippen LogP contribution in [0.2, 0.25) is 0 Å². The van der Waals surface area contributed by atoms with E-state index in [1.165, 1.54) is 16.7 Å². The molecule has 0 spiro atoms. The minimum atomic E-state index is -0.586. The Kier molecular flexibility index (Phi) is 7.68. The molecule has 2 aromatic rings. The third-order valence-electron chi connectivity index (χ3n) is 3.33. The zero-order chi connectivity index (χ0) is 18.9. The fraction of sp³-hybridized carbons (Fsp3) is 0.278. The van der Waals surface area contributed by atoms with Crippen molar-refractivity contribution >= 4 is 40.9 Å². The average Bonchev–Trinajstić information content (AvgIpc) is 3.16. The fourth-order valence-electron chi connectivity index (χ4n) is 1.89. The summed E-state index contributed by atoms with van der Waals surface area (Å²) in [5, 5.41) is 4.63. The first kappa shape index (κ1) is 20.0. The zero-order valence-electron chi connectivity index (χ0n) is 14.6. The van der Waals surface area contributed by atoms with E-state index in [0.29, 0.717) is 17.0 Å². The van der Waals surface area contributed by atoms with Gasteiger partial charge in [-0.1, -0.05) is 18.2 Å². The van der Waals surface area contributed by atoms with Crippen molar-refractivity contribution in [2.75, 3.05) is 26.5 Å². The second kappa shape index (κ2) is 9.98. The number of hydrogen-bond acceptors (Lipinski definition) is 6. The molecule has 1 heterocycles. The van der Waals surface area contributed by atoms with E-state index in [1.807, 2.05) is 17.5 Å². The second-order valence-electron chi connectivity index (χ2n) is 5.51. The number of thiophene rings is 1. The minimum absolute atomic E-state index is 0.0499. The Morgan fingerprint density at radius 1 is 1.15 bits per heavy atom. The van der Waals surface area contributed by atoms with Gasteiger partial charge in [0, 0.05) is 23.9 Å². The molecule has 1 aromatic heterocycles. The van der Waals surface area contributed by atoms with Crippen LogP contribution in [-0.4, -0.2) is 49.1 Å². The maximum Gasteiger partial charge on any atom is 0.339 e. The Morgan fingerprint density at radius 2 is 1.92 bits per heavy atom. The van der Waals surface area contributed by atoms with E-state index in [-0.39, 0.29) is 24.2 Å². The van der Waals surface area contributed by atoms with Crippen molar-refractivity contribution in [1.82, 2.24) is 10.2 Å². The number of carbonyl (C=O) groups excluding carboxylic acids is 3. The van der Waals surface area contributed by atoms with E-state index in [0.717, 1.165) is 4.88 Å². The third-order valence-corrected chi connectivity index (χ3v) is 5.27. The van der Waals surface area contributed by atoms with E-state index < -0.39 is 5.97 Å². The molecule has 138 valence electrons. The number of benzene rings is 1. The quantitative estimate of drug-likeness (QED) is 0.552. The van der Waals surface area contributed by atoms with Gasteiger partial charge in [-0.05, 0) is 23.6 Å². The first-order chi connectivity index (χ1) is 12.5. The highest BCUT2D eigenvalue weighted by molar-refractivity contribution is 8.00. The van der Waals surface area contributed by atoms with Crippen molar-refractivity contribution in [3.8, 4) is 0 Å². The van der Waals surface area contributed by atoms with Crippen LogP contribution in [0.3, 0.4) is 0 Å². The van der Waals surface area contributed by atoms with Gasteiger partial charge in [-0.25, -0.2) is 4.79 Å². The lowest BCUT2D eigenvalue weighted by atomic mass is 10.2. The van der Waals surface area contributed by atoms with Gasteiger partial charge >= 0.3 is 5.97 Å². The Bertz CT molecular complexity index is 760. The van der Waals surface area contributed by atoms with Gasteiger partial charge in [0.1, 0.15) is 0 Å². The van der Waals surface area contributed by atoms with Crippen LogP contribution in [0.25, 0.3) is 0 Å². The number of thioether (sulfide) groups is 1. The number of amides is 2. The molecule has 0 aliphatic carbocycles. The summed E-state index contributed by atoms with van der Waals surface area (Å²) in [4.78, 5) is 39.0. The van der Waals surface area contributed by atoms with Gasteiger partial charge in [0.05, 0.1) is 17.9 Å². The van der Waals surface area contributed by atoms with Gasteiger partial charge < -0.3 is 15.0 Å². The fourth-order valence-corrected chi connectivity index (χ4v) is 3.55. The number of hydrogen-bond donors (Lipinski definition) is 1. The van der Waals surface area contributed by atoms with Crippen LogP contribution in [0.4, 0.5) is 0 Å². The van der Waals surface area contributed by atoms with E-state index in [4.69, 9.17) is 4.74 Å². The molecule has 8 heteroatoms. The molecule has 1 N–H and O–H groups in total. The van der Waals surface area contributed by atoms with Gasteiger partial charge in [0.15, 0.2) is 6.61 Å². The number of esters is 1. The van der Waals surface area contributed by atoms with Crippen LogP contribution in [0.1, 0.15) is 15.2 Å². The minimum Gasteiger partial charge on any atom is -0.452 e. The van der Waals surface area contributed by atoms with E-state index in [2.05, 4.69) is 5.32 Å². The zero-order valence-corrected chi connectivity index (χ0v) is 16.2. The molecule has 2 amide bonds. The Balaban J connectivity index is 1.86. The molecular formula is C18H20N2O4S2. The van der Waals surface area contributed by atoms with Crippen molar-refractivity contribution in [2.24, 2.45) is 0 Å². The molecule has 6 nitrogen and oxygen atoms in total. The van der Waals surface area contributed by atoms with E-state index in [1.54, 1.807) is 49.7 Å². The van der Waals surface area contributed by atoms with Crippen LogP contribution in [0.15, 0.2) is 46.7 Å². The summed E-state index contributed by atoms with van der Waals surface area (Å²) in [5.41, 5.74) is 0.343.